The molecule has 0 aliphatic heterocycles. The third-order valence-corrected chi connectivity index (χ3v) is 0.366. The summed E-state index contributed by atoms with van der Waals surface area (Å²) in [4.78, 5) is 36.4. The molecule has 0 aliphatic rings. The van der Waals surface area contributed by atoms with Gasteiger partial charge in [-0.15, -0.1) is 0 Å². The summed E-state index contributed by atoms with van der Waals surface area (Å²) < 4.78 is 0. The monoisotopic (exact) mass is 360 g/mol. The van der Waals surface area contributed by atoms with E-state index in [9.17, 15) is 0 Å². The number of carboxylic acid groups (broad SMARTS) is 4. The Morgan fingerprint density at radius 2 is 0.615 bits per heavy atom. The number of aliphatic carboxylic acids is 4. The van der Waals surface area contributed by atoms with Gasteiger partial charge in [0.1, 0.15) is 0 Å². The van der Waals surface area contributed by atoms with Crippen molar-refractivity contribution in [3.05, 3.63) is 0 Å². The molecule has 0 fully saturated rings. The van der Waals surface area contributed by atoms with Gasteiger partial charge in [0.15, 0.2) is 0 Å². The van der Waals surface area contributed by atoms with E-state index in [1.807, 2.05) is 0 Å². The van der Waals surface area contributed by atoms with Gasteiger partial charge in [0, 0.05) is 25.8 Å². The third kappa shape index (κ3) is 18.1. The van der Waals surface area contributed by atoms with Crippen LogP contribution in [0.25, 0.3) is 0 Å². The quantitative estimate of drug-likeness (QED) is 0.296. The van der Waals surface area contributed by atoms with Gasteiger partial charge in [0.05, 0.1) is 0 Å². The maximum atomic E-state index is 9.10. The van der Waals surface area contributed by atoms with Crippen LogP contribution < -0.4 is 0 Å². The number of hydrogen-bond donors (Lipinski definition) is 4. The Bertz CT molecular complexity index is 172. The molecule has 0 unspecified atom stereocenters. The van der Waals surface area contributed by atoms with Crippen molar-refractivity contribution in [2.45, 2.75) is 0 Å². The maximum Gasteiger partial charge on any atom is 0.414 e. The number of hydrogen-bond acceptors (Lipinski definition) is 4. The molecular weight excluding hydrogens is 355 g/mol. The van der Waals surface area contributed by atoms with Crippen LogP contribution in [0.1, 0.15) is 0 Å². The molecule has 0 aromatic carbocycles. The van der Waals surface area contributed by atoms with Crippen molar-refractivity contribution in [2.75, 3.05) is 0 Å². The fraction of sp³-hybridized carbons (Fsp3) is 0. The van der Waals surface area contributed by atoms with Crippen molar-refractivity contribution in [3.63, 3.8) is 0 Å². The van der Waals surface area contributed by atoms with Crippen molar-refractivity contribution in [2.24, 2.45) is 0 Å². The molecule has 0 aromatic heterocycles. The minimum atomic E-state index is -1.82. The van der Waals surface area contributed by atoms with Crippen molar-refractivity contribution < 1.29 is 65.4 Å². The van der Waals surface area contributed by atoms with Crippen molar-refractivity contribution >= 4 is 23.9 Å². The Labute approximate surface area is 89.6 Å². The molecule has 0 aliphatic carbocycles. The van der Waals surface area contributed by atoms with E-state index in [4.69, 9.17) is 39.6 Å². The van der Waals surface area contributed by atoms with E-state index in [-0.39, 0.29) is 25.8 Å². The van der Waals surface area contributed by atoms with Crippen LogP contribution in [-0.4, -0.2) is 44.3 Å². The first-order chi connectivity index (χ1) is 5.29. The largest absolute Gasteiger partial charge is 0.473 e. The van der Waals surface area contributed by atoms with E-state index in [0.717, 1.165) is 0 Å². The minimum Gasteiger partial charge on any atom is -0.473 e. The van der Waals surface area contributed by atoms with Crippen molar-refractivity contribution in [3.8, 4) is 0 Å². The molecule has 0 atom stereocenters. The first-order valence-corrected chi connectivity index (χ1v) is 2.21. The zero-order valence-electron chi connectivity index (χ0n) is 5.92. The Balaban J connectivity index is -0.000000143. The van der Waals surface area contributed by atoms with Crippen LogP contribution in [0.3, 0.4) is 0 Å². The Morgan fingerprint density at radius 1 is 0.538 bits per heavy atom. The second-order valence-corrected chi connectivity index (χ2v) is 1.22. The Hall–Kier alpha value is -1.25. The third-order valence-electron chi connectivity index (χ3n) is 0.366. The SMILES string of the molecule is O=C(O)C(=O)O.O=C(O)C(=O)O.[Hf]. The molecule has 0 saturated heterocycles. The molecule has 0 radical (unpaired) electrons. The summed E-state index contributed by atoms with van der Waals surface area (Å²) in [5.41, 5.74) is 0. The van der Waals surface area contributed by atoms with E-state index in [1.54, 1.807) is 0 Å². The molecule has 0 bridgehead atoms. The van der Waals surface area contributed by atoms with Crippen molar-refractivity contribution in [1.82, 2.24) is 0 Å². The standard InChI is InChI=1S/2C2H2O4.Hf/c2*3-1(4)2(5)6;/h2*(H,3,4)(H,5,6);. The summed E-state index contributed by atoms with van der Waals surface area (Å²) >= 11 is 0. The van der Waals surface area contributed by atoms with E-state index in [1.165, 1.54) is 0 Å². The molecule has 8 nitrogen and oxygen atoms in total. The van der Waals surface area contributed by atoms with Crippen LogP contribution in [0.2, 0.25) is 0 Å². The van der Waals surface area contributed by atoms with Gasteiger partial charge in [0.2, 0.25) is 0 Å². The predicted octanol–water partition coefficient (Wildman–Crippen LogP) is -1.69. The Morgan fingerprint density at radius 3 is 0.615 bits per heavy atom. The molecule has 0 saturated carbocycles. The second kappa shape index (κ2) is 8.84. The molecule has 0 amide bonds. The fourth-order valence-electron chi connectivity index (χ4n) is 0. The van der Waals surface area contributed by atoms with E-state index >= 15 is 0 Å². The molecule has 0 rings (SSSR count). The van der Waals surface area contributed by atoms with Gasteiger partial charge in [-0.05, 0) is 0 Å². The van der Waals surface area contributed by atoms with Gasteiger partial charge in [-0.2, -0.15) is 0 Å². The van der Waals surface area contributed by atoms with Gasteiger partial charge >= 0.3 is 23.9 Å². The molecular formula is C4H4HfO8. The van der Waals surface area contributed by atoms with Gasteiger partial charge in [0.25, 0.3) is 0 Å². The summed E-state index contributed by atoms with van der Waals surface area (Å²) in [7, 11) is 0. The number of carbonyl (C=O) groups is 4. The summed E-state index contributed by atoms with van der Waals surface area (Å²) in [6.07, 6.45) is 0. The summed E-state index contributed by atoms with van der Waals surface area (Å²) in [5.74, 6) is -7.30. The van der Waals surface area contributed by atoms with Gasteiger partial charge in [-0.25, -0.2) is 19.2 Å². The van der Waals surface area contributed by atoms with E-state index < -0.39 is 23.9 Å². The summed E-state index contributed by atoms with van der Waals surface area (Å²) in [5, 5.41) is 29.6. The molecule has 0 aromatic rings. The average molecular weight is 359 g/mol. The Kier molecular flexibility index (Phi) is 12.1. The second-order valence-electron chi connectivity index (χ2n) is 1.22. The smallest absolute Gasteiger partial charge is 0.414 e. The van der Waals surface area contributed by atoms with Crippen LogP contribution in [0, 0.1) is 0 Å². The van der Waals surface area contributed by atoms with Gasteiger partial charge in [-0.3, -0.25) is 0 Å². The van der Waals surface area contributed by atoms with Crippen molar-refractivity contribution in [1.29, 1.82) is 0 Å². The molecule has 4 N–H and O–H groups in total. The van der Waals surface area contributed by atoms with Crippen LogP contribution in [0.15, 0.2) is 0 Å². The first-order valence-electron chi connectivity index (χ1n) is 2.21. The van der Waals surface area contributed by atoms with Crippen LogP contribution >= 0.6 is 0 Å². The summed E-state index contributed by atoms with van der Waals surface area (Å²) in [6.45, 7) is 0. The molecule has 0 heterocycles. The maximum absolute atomic E-state index is 9.10. The normalized spacial score (nSPS) is 6.77. The number of rotatable bonds is 0. The molecule has 9 heteroatoms. The molecule has 0 spiro atoms. The minimum absolute atomic E-state index is 0. The zero-order chi connectivity index (χ0) is 10.3. The predicted molar refractivity (Wildman–Crippen MR) is 30.5 cm³/mol. The van der Waals surface area contributed by atoms with E-state index in [2.05, 4.69) is 0 Å². The van der Waals surface area contributed by atoms with Crippen LogP contribution in [0.4, 0.5) is 0 Å². The van der Waals surface area contributed by atoms with Gasteiger partial charge < -0.3 is 20.4 Å². The van der Waals surface area contributed by atoms with Crippen LogP contribution in [-0.2, 0) is 45.0 Å². The average Bonchev–Trinajstić information content (AvgIpc) is 1.88. The first kappa shape index (κ1) is 17.7. The van der Waals surface area contributed by atoms with Crippen LogP contribution in [0.5, 0.6) is 0 Å². The number of carboxylic acids is 4. The zero-order valence-corrected chi connectivity index (χ0v) is 9.51. The molecule has 72 valence electrons. The topological polar surface area (TPSA) is 149 Å². The fourth-order valence-corrected chi connectivity index (χ4v) is 0. The molecule has 13 heavy (non-hydrogen) atoms. The van der Waals surface area contributed by atoms with E-state index in [0.29, 0.717) is 0 Å². The summed E-state index contributed by atoms with van der Waals surface area (Å²) in [6, 6.07) is 0. The van der Waals surface area contributed by atoms with Gasteiger partial charge in [-0.1, -0.05) is 0 Å².